The van der Waals surface area contributed by atoms with Crippen molar-refractivity contribution in [1.82, 2.24) is 5.32 Å². The minimum Gasteiger partial charge on any atom is -0.351 e. The van der Waals surface area contributed by atoms with Crippen molar-refractivity contribution in [3.63, 3.8) is 0 Å². The second kappa shape index (κ2) is 5.77. The first-order chi connectivity index (χ1) is 7.91. The van der Waals surface area contributed by atoms with Crippen LogP contribution in [0.3, 0.4) is 0 Å². The molecule has 0 unspecified atom stereocenters. The highest BCUT2D eigenvalue weighted by Gasteiger charge is 2.16. The van der Waals surface area contributed by atoms with Crippen LogP contribution in [-0.2, 0) is 11.3 Å². The SMILES string of the molecule is Cc1ccc(CNC(=O)[C@@H](N)C(C)C)cc1F. The molecule has 3 nitrogen and oxygen atoms in total. The number of rotatable bonds is 4. The topological polar surface area (TPSA) is 55.1 Å². The fourth-order valence-electron chi connectivity index (χ4n) is 1.36. The molecule has 1 aromatic carbocycles. The Bertz CT molecular complexity index is 404. The molecule has 0 aliphatic rings. The van der Waals surface area contributed by atoms with Crippen LogP contribution in [0, 0.1) is 18.7 Å². The normalized spacial score (nSPS) is 12.6. The van der Waals surface area contributed by atoms with Crippen molar-refractivity contribution in [1.29, 1.82) is 0 Å². The molecule has 0 aromatic heterocycles. The molecule has 0 saturated carbocycles. The van der Waals surface area contributed by atoms with Gasteiger partial charge in [-0.1, -0.05) is 26.0 Å². The number of carbonyl (C=O) groups excluding carboxylic acids is 1. The van der Waals surface area contributed by atoms with Crippen molar-refractivity contribution in [2.24, 2.45) is 11.7 Å². The molecule has 3 N–H and O–H groups in total. The first-order valence-electron chi connectivity index (χ1n) is 5.70. The Morgan fingerprint density at radius 2 is 2.12 bits per heavy atom. The van der Waals surface area contributed by atoms with Crippen LogP contribution in [0.5, 0.6) is 0 Å². The van der Waals surface area contributed by atoms with Crippen LogP contribution in [0.25, 0.3) is 0 Å². The summed E-state index contributed by atoms with van der Waals surface area (Å²) in [5.74, 6) is -0.379. The van der Waals surface area contributed by atoms with Gasteiger partial charge >= 0.3 is 0 Å². The summed E-state index contributed by atoms with van der Waals surface area (Å²) >= 11 is 0. The molecule has 0 spiro atoms. The van der Waals surface area contributed by atoms with Crippen molar-refractivity contribution in [2.45, 2.75) is 33.4 Å². The van der Waals surface area contributed by atoms with Crippen LogP contribution in [0.15, 0.2) is 18.2 Å². The van der Waals surface area contributed by atoms with Crippen molar-refractivity contribution >= 4 is 5.91 Å². The van der Waals surface area contributed by atoms with Crippen LogP contribution in [-0.4, -0.2) is 11.9 Å². The van der Waals surface area contributed by atoms with Crippen LogP contribution < -0.4 is 11.1 Å². The van der Waals surface area contributed by atoms with Crippen LogP contribution in [0.4, 0.5) is 4.39 Å². The smallest absolute Gasteiger partial charge is 0.237 e. The van der Waals surface area contributed by atoms with Crippen molar-refractivity contribution in [3.05, 3.63) is 35.1 Å². The standard InChI is InChI=1S/C13H19FN2O/c1-8(2)12(15)13(17)16-7-10-5-4-9(3)11(14)6-10/h4-6,8,12H,7,15H2,1-3H3,(H,16,17)/t12-/m0/s1. The van der Waals surface area contributed by atoms with Gasteiger partial charge in [0.05, 0.1) is 6.04 Å². The summed E-state index contributed by atoms with van der Waals surface area (Å²) < 4.78 is 13.3. The predicted molar refractivity (Wildman–Crippen MR) is 65.8 cm³/mol. The molecule has 0 radical (unpaired) electrons. The monoisotopic (exact) mass is 238 g/mol. The van der Waals surface area contributed by atoms with E-state index in [0.29, 0.717) is 12.1 Å². The van der Waals surface area contributed by atoms with Gasteiger partial charge in [-0.3, -0.25) is 4.79 Å². The van der Waals surface area contributed by atoms with Gasteiger partial charge in [-0.05, 0) is 30.0 Å². The Morgan fingerprint density at radius 3 is 2.65 bits per heavy atom. The highest BCUT2D eigenvalue weighted by molar-refractivity contribution is 5.81. The Balaban J connectivity index is 2.56. The van der Waals surface area contributed by atoms with Gasteiger partial charge in [0.1, 0.15) is 5.82 Å². The highest BCUT2D eigenvalue weighted by Crippen LogP contribution is 2.09. The number of hydrogen-bond donors (Lipinski definition) is 2. The first kappa shape index (κ1) is 13.6. The lowest BCUT2D eigenvalue weighted by molar-refractivity contribution is -0.123. The summed E-state index contributed by atoms with van der Waals surface area (Å²) in [7, 11) is 0. The summed E-state index contributed by atoms with van der Waals surface area (Å²) in [6.45, 7) is 5.77. The third kappa shape index (κ3) is 3.82. The Labute approximate surface area is 101 Å². The largest absolute Gasteiger partial charge is 0.351 e. The molecule has 0 fully saturated rings. The summed E-state index contributed by atoms with van der Waals surface area (Å²) in [5.41, 5.74) is 7.02. The Morgan fingerprint density at radius 1 is 1.47 bits per heavy atom. The molecular weight excluding hydrogens is 219 g/mol. The number of halogens is 1. The van der Waals surface area contributed by atoms with E-state index < -0.39 is 6.04 Å². The maximum absolute atomic E-state index is 13.3. The van der Waals surface area contributed by atoms with E-state index in [9.17, 15) is 9.18 Å². The molecular formula is C13H19FN2O. The summed E-state index contributed by atoms with van der Waals surface area (Å²) in [6, 6.07) is 4.39. The average molecular weight is 238 g/mol. The van der Waals surface area contributed by atoms with Crippen molar-refractivity contribution < 1.29 is 9.18 Å². The van der Waals surface area contributed by atoms with E-state index in [2.05, 4.69) is 5.32 Å². The van der Waals surface area contributed by atoms with Gasteiger partial charge in [-0.15, -0.1) is 0 Å². The number of hydrogen-bond acceptors (Lipinski definition) is 2. The number of carbonyl (C=O) groups is 1. The first-order valence-corrected chi connectivity index (χ1v) is 5.70. The zero-order valence-electron chi connectivity index (χ0n) is 10.5. The average Bonchev–Trinajstić information content (AvgIpc) is 2.29. The molecule has 17 heavy (non-hydrogen) atoms. The molecule has 94 valence electrons. The quantitative estimate of drug-likeness (QED) is 0.839. The third-order valence-corrected chi connectivity index (χ3v) is 2.72. The van der Waals surface area contributed by atoms with Gasteiger partial charge < -0.3 is 11.1 Å². The van der Waals surface area contributed by atoms with Gasteiger partial charge in [-0.2, -0.15) is 0 Å². The van der Waals surface area contributed by atoms with Gasteiger partial charge in [0.2, 0.25) is 5.91 Å². The summed E-state index contributed by atoms with van der Waals surface area (Å²) in [6.07, 6.45) is 0. The van der Waals surface area contributed by atoms with E-state index >= 15 is 0 Å². The number of benzene rings is 1. The van der Waals surface area contributed by atoms with Gasteiger partial charge in [0.25, 0.3) is 0 Å². The Hall–Kier alpha value is -1.42. The molecule has 1 aromatic rings. The molecule has 1 amide bonds. The molecule has 0 heterocycles. The second-order valence-electron chi connectivity index (χ2n) is 4.57. The van der Waals surface area contributed by atoms with Gasteiger partial charge in [0.15, 0.2) is 0 Å². The number of amides is 1. The lowest BCUT2D eigenvalue weighted by atomic mass is 10.0. The summed E-state index contributed by atoms with van der Waals surface area (Å²) in [4.78, 5) is 11.6. The predicted octanol–water partition coefficient (Wildman–Crippen LogP) is 1.73. The minimum atomic E-state index is -0.523. The van der Waals surface area contributed by atoms with Crippen molar-refractivity contribution in [2.75, 3.05) is 0 Å². The lowest BCUT2D eigenvalue weighted by Crippen LogP contribution is -2.43. The fourth-order valence-corrected chi connectivity index (χ4v) is 1.36. The van der Waals surface area contributed by atoms with E-state index in [1.54, 1.807) is 19.1 Å². The third-order valence-electron chi connectivity index (χ3n) is 2.72. The van der Waals surface area contributed by atoms with E-state index in [1.807, 2.05) is 13.8 Å². The molecule has 1 rings (SSSR count). The number of nitrogens with two attached hydrogens (primary N) is 1. The van der Waals surface area contributed by atoms with E-state index in [4.69, 9.17) is 5.73 Å². The van der Waals surface area contributed by atoms with E-state index in [-0.39, 0.29) is 17.6 Å². The maximum atomic E-state index is 13.3. The lowest BCUT2D eigenvalue weighted by Gasteiger charge is -2.15. The zero-order chi connectivity index (χ0) is 13.0. The number of aryl methyl sites for hydroxylation is 1. The van der Waals surface area contributed by atoms with Crippen molar-refractivity contribution in [3.8, 4) is 0 Å². The molecule has 0 aliphatic heterocycles. The van der Waals surface area contributed by atoms with Crippen LogP contribution in [0.1, 0.15) is 25.0 Å². The van der Waals surface area contributed by atoms with Crippen LogP contribution >= 0.6 is 0 Å². The fraction of sp³-hybridized carbons (Fsp3) is 0.462. The van der Waals surface area contributed by atoms with E-state index in [1.165, 1.54) is 6.07 Å². The number of nitrogens with one attached hydrogen (secondary N) is 1. The van der Waals surface area contributed by atoms with Gasteiger partial charge in [-0.25, -0.2) is 4.39 Å². The molecule has 1 atom stereocenters. The molecule has 4 heteroatoms. The highest BCUT2D eigenvalue weighted by atomic mass is 19.1. The van der Waals surface area contributed by atoms with Gasteiger partial charge in [0, 0.05) is 6.54 Å². The molecule has 0 bridgehead atoms. The molecule has 0 saturated heterocycles. The second-order valence-corrected chi connectivity index (χ2v) is 4.57. The maximum Gasteiger partial charge on any atom is 0.237 e. The minimum absolute atomic E-state index is 0.0877. The van der Waals surface area contributed by atoms with E-state index in [0.717, 1.165) is 5.56 Å². The Kier molecular flexibility index (Phi) is 4.63. The molecule has 0 aliphatic carbocycles. The zero-order valence-corrected chi connectivity index (χ0v) is 10.5. The summed E-state index contributed by atoms with van der Waals surface area (Å²) in [5, 5.41) is 2.70. The van der Waals surface area contributed by atoms with Crippen LogP contribution in [0.2, 0.25) is 0 Å².